The lowest BCUT2D eigenvalue weighted by atomic mass is 10.1. The summed E-state index contributed by atoms with van der Waals surface area (Å²) in [4.78, 5) is 18.2. The van der Waals surface area contributed by atoms with E-state index in [1.54, 1.807) is 18.5 Å². The minimum absolute atomic E-state index is 0.512. The van der Waals surface area contributed by atoms with Crippen LogP contribution in [-0.2, 0) is 6.54 Å². The average Bonchev–Trinajstić information content (AvgIpc) is 3.14. The summed E-state index contributed by atoms with van der Waals surface area (Å²) in [6.07, 6.45) is 5.48. The standard InChI is InChI=1S/C22H21Cl2N7/c23-17-4-2-15(12-18(17)24)21-19(31-13-16(25)3-5-20(31)28-21)14-29-8-10-30(11-9-29)22-26-6-1-7-27-22/h1-7,12-13H,8-11,14,25H2. The minimum atomic E-state index is 0.512. The number of rotatable bonds is 4. The molecule has 4 aromatic rings. The molecule has 7 nitrogen and oxygen atoms in total. The molecule has 0 saturated carbocycles. The van der Waals surface area contributed by atoms with Gasteiger partial charge in [0.2, 0.25) is 5.95 Å². The molecule has 9 heteroatoms. The third-order valence-electron chi connectivity index (χ3n) is 5.51. The Hall–Kier alpha value is -2.87. The van der Waals surface area contributed by atoms with Gasteiger partial charge in [0, 0.05) is 62.6 Å². The predicted molar refractivity (Wildman–Crippen MR) is 125 cm³/mol. The van der Waals surface area contributed by atoms with Crippen LogP contribution in [0.4, 0.5) is 11.6 Å². The molecule has 3 aromatic heterocycles. The Morgan fingerprint density at radius 2 is 1.71 bits per heavy atom. The van der Waals surface area contributed by atoms with Crippen molar-refractivity contribution in [2.24, 2.45) is 0 Å². The van der Waals surface area contributed by atoms with Crippen LogP contribution in [0.3, 0.4) is 0 Å². The molecule has 0 bridgehead atoms. The fourth-order valence-electron chi connectivity index (χ4n) is 3.91. The third kappa shape index (κ3) is 4.04. The lowest BCUT2D eigenvalue weighted by Gasteiger charge is -2.34. The number of nitrogens with zero attached hydrogens (tertiary/aromatic N) is 6. The highest BCUT2D eigenvalue weighted by atomic mass is 35.5. The first-order valence-corrected chi connectivity index (χ1v) is 10.8. The molecule has 0 spiro atoms. The topological polar surface area (TPSA) is 75.6 Å². The summed E-state index contributed by atoms with van der Waals surface area (Å²) in [5.74, 6) is 0.779. The Balaban J connectivity index is 1.45. The zero-order chi connectivity index (χ0) is 21.4. The number of halogens is 2. The zero-order valence-corrected chi connectivity index (χ0v) is 18.3. The largest absolute Gasteiger partial charge is 0.398 e. The molecule has 0 atom stereocenters. The number of nitrogens with two attached hydrogens (primary N) is 1. The molecule has 1 aliphatic heterocycles. The lowest BCUT2D eigenvalue weighted by molar-refractivity contribution is 0.246. The minimum Gasteiger partial charge on any atom is -0.398 e. The van der Waals surface area contributed by atoms with Gasteiger partial charge in [0.1, 0.15) is 5.65 Å². The van der Waals surface area contributed by atoms with Crippen LogP contribution in [0.15, 0.2) is 55.0 Å². The van der Waals surface area contributed by atoms with Crippen molar-refractivity contribution in [2.45, 2.75) is 6.54 Å². The van der Waals surface area contributed by atoms with E-state index in [1.165, 1.54) is 0 Å². The number of hydrogen-bond acceptors (Lipinski definition) is 6. The molecule has 0 amide bonds. The van der Waals surface area contributed by atoms with E-state index >= 15 is 0 Å². The quantitative estimate of drug-likeness (QED) is 0.503. The van der Waals surface area contributed by atoms with E-state index < -0.39 is 0 Å². The Morgan fingerprint density at radius 3 is 2.45 bits per heavy atom. The van der Waals surface area contributed by atoms with Gasteiger partial charge in [-0.1, -0.05) is 29.3 Å². The van der Waals surface area contributed by atoms with Gasteiger partial charge >= 0.3 is 0 Å². The fourth-order valence-corrected chi connectivity index (χ4v) is 4.21. The molecule has 31 heavy (non-hydrogen) atoms. The predicted octanol–water partition coefficient (Wildman–Crippen LogP) is 4.00. The molecule has 1 aromatic carbocycles. The number of nitrogen functional groups attached to an aromatic ring is 1. The van der Waals surface area contributed by atoms with Crippen LogP contribution in [0.5, 0.6) is 0 Å². The average molecular weight is 454 g/mol. The Morgan fingerprint density at radius 1 is 0.935 bits per heavy atom. The molecule has 5 rings (SSSR count). The van der Waals surface area contributed by atoms with Gasteiger partial charge < -0.3 is 15.0 Å². The molecule has 1 fully saturated rings. The molecular weight excluding hydrogens is 433 g/mol. The number of fused-ring (bicyclic) bond motifs is 1. The number of imidazole rings is 1. The van der Waals surface area contributed by atoms with Crippen LogP contribution < -0.4 is 10.6 Å². The highest BCUT2D eigenvalue weighted by Crippen LogP contribution is 2.31. The van der Waals surface area contributed by atoms with Crippen molar-refractivity contribution in [1.82, 2.24) is 24.3 Å². The van der Waals surface area contributed by atoms with Gasteiger partial charge in [0.25, 0.3) is 0 Å². The van der Waals surface area contributed by atoms with Crippen molar-refractivity contribution in [1.29, 1.82) is 0 Å². The van der Waals surface area contributed by atoms with Crippen LogP contribution >= 0.6 is 23.2 Å². The number of anilines is 2. The zero-order valence-electron chi connectivity index (χ0n) is 16.7. The van der Waals surface area contributed by atoms with Gasteiger partial charge in [-0.3, -0.25) is 4.90 Å². The molecule has 0 radical (unpaired) electrons. The van der Waals surface area contributed by atoms with Crippen molar-refractivity contribution in [3.05, 3.63) is 70.7 Å². The van der Waals surface area contributed by atoms with Gasteiger partial charge in [0.15, 0.2) is 0 Å². The lowest BCUT2D eigenvalue weighted by Crippen LogP contribution is -2.46. The van der Waals surface area contributed by atoms with Gasteiger partial charge in [-0.05, 0) is 30.3 Å². The monoisotopic (exact) mass is 453 g/mol. The van der Waals surface area contributed by atoms with E-state index in [1.807, 2.05) is 36.5 Å². The SMILES string of the molecule is Nc1ccc2nc(-c3ccc(Cl)c(Cl)c3)c(CN3CCN(c4ncccn4)CC3)n2c1. The van der Waals surface area contributed by atoms with Gasteiger partial charge in [-0.15, -0.1) is 0 Å². The Labute approximate surface area is 190 Å². The summed E-state index contributed by atoms with van der Waals surface area (Å²) >= 11 is 12.4. The number of piperazine rings is 1. The van der Waals surface area contributed by atoms with E-state index in [0.717, 1.165) is 61.3 Å². The molecule has 2 N–H and O–H groups in total. The second kappa shape index (κ2) is 8.34. The first-order valence-electron chi connectivity index (χ1n) is 10.0. The highest BCUT2D eigenvalue weighted by molar-refractivity contribution is 6.42. The van der Waals surface area contributed by atoms with Crippen LogP contribution in [-0.4, -0.2) is 50.4 Å². The van der Waals surface area contributed by atoms with Crippen LogP contribution in [0, 0.1) is 0 Å². The molecule has 0 unspecified atom stereocenters. The molecule has 4 heterocycles. The first-order chi connectivity index (χ1) is 15.1. The fraction of sp³-hybridized carbons (Fsp3) is 0.227. The smallest absolute Gasteiger partial charge is 0.225 e. The van der Waals surface area contributed by atoms with Crippen molar-refractivity contribution >= 4 is 40.5 Å². The van der Waals surface area contributed by atoms with Crippen LogP contribution in [0.1, 0.15) is 5.69 Å². The summed E-state index contributed by atoms with van der Waals surface area (Å²) in [6, 6.07) is 11.3. The molecule has 1 aliphatic rings. The summed E-state index contributed by atoms with van der Waals surface area (Å²) in [7, 11) is 0. The third-order valence-corrected chi connectivity index (χ3v) is 6.25. The van der Waals surface area contributed by atoms with Crippen LogP contribution in [0.25, 0.3) is 16.9 Å². The van der Waals surface area contributed by atoms with E-state index in [4.69, 9.17) is 33.9 Å². The van der Waals surface area contributed by atoms with Crippen molar-refractivity contribution in [3.8, 4) is 11.3 Å². The number of pyridine rings is 1. The highest BCUT2D eigenvalue weighted by Gasteiger charge is 2.22. The summed E-state index contributed by atoms with van der Waals surface area (Å²) in [6.45, 7) is 4.27. The van der Waals surface area contributed by atoms with Crippen LogP contribution in [0.2, 0.25) is 10.0 Å². The molecule has 1 saturated heterocycles. The first kappa shape index (κ1) is 20.1. The second-order valence-corrected chi connectivity index (χ2v) is 8.35. The van der Waals surface area contributed by atoms with Gasteiger partial charge in [-0.25, -0.2) is 15.0 Å². The number of benzene rings is 1. The number of hydrogen-bond donors (Lipinski definition) is 1. The summed E-state index contributed by atoms with van der Waals surface area (Å²) in [5, 5.41) is 1.04. The summed E-state index contributed by atoms with van der Waals surface area (Å²) in [5.41, 5.74) is 10.5. The van der Waals surface area contributed by atoms with E-state index in [0.29, 0.717) is 15.7 Å². The second-order valence-electron chi connectivity index (χ2n) is 7.54. The van der Waals surface area contributed by atoms with Crippen molar-refractivity contribution in [2.75, 3.05) is 36.8 Å². The maximum Gasteiger partial charge on any atom is 0.225 e. The van der Waals surface area contributed by atoms with Gasteiger partial charge in [-0.2, -0.15) is 0 Å². The Kier molecular flexibility index (Phi) is 5.40. The molecular formula is C22H21Cl2N7. The molecule has 158 valence electrons. The molecule has 0 aliphatic carbocycles. The van der Waals surface area contributed by atoms with E-state index in [2.05, 4.69) is 24.2 Å². The Bertz CT molecular complexity index is 1220. The normalized spacial score (nSPS) is 15.0. The summed E-state index contributed by atoms with van der Waals surface area (Å²) < 4.78 is 2.07. The maximum atomic E-state index is 6.29. The van der Waals surface area contributed by atoms with E-state index in [-0.39, 0.29) is 0 Å². The van der Waals surface area contributed by atoms with Crippen molar-refractivity contribution in [3.63, 3.8) is 0 Å². The van der Waals surface area contributed by atoms with Gasteiger partial charge in [0.05, 0.1) is 21.4 Å². The van der Waals surface area contributed by atoms with E-state index in [9.17, 15) is 0 Å². The maximum absolute atomic E-state index is 6.29. The van der Waals surface area contributed by atoms with Crippen molar-refractivity contribution < 1.29 is 0 Å². The number of aromatic nitrogens is 4.